The lowest BCUT2D eigenvalue weighted by Crippen LogP contribution is -2.11. The van der Waals surface area contributed by atoms with Gasteiger partial charge in [-0.2, -0.15) is 0 Å². The molecule has 4 nitrogen and oxygen atoms in total. The number of hydrogen-bond acceptors (Lipinski definition) is 4. The molecule has 0 aromatic heterocycles. The summed E-state index contributed by atoms with van der Waals surface area (Å²) in [6, 6.07) is 0. The second-order valence-corrected chi connectivity index (χ2v) is 3.04. The molecule has 0 N–H and O–H groups in total. The predicted molar refractivity (Wildman–Crippen MR) is 53.0 cm³/mol. The van der Waals surface area contributed by atoms with Gasteiger partial charge < -0.3 is 4.74 Å². The molecule has 15 heavy (non-hydrogen) atoms. The van der Waals surface area contributed by atoms with Crippen molar-refractivity contribution in [3.8, 4) is 0 Å². The first-order valence-electron chi connectivity index (χ1n) is 4.27. The first-order chi connectivity index (χ1) is 7.04. The molecule has 4 heteroatoms. The minimum absolute atomic E-state index is 0.0432. The van der Waals surface area contributed by atoms with Gasteiger partial charge in [-0.15, -0.1) is 0 Å². The van der Waals surface area contributed by atoms with E-state index in [-0.39, 0.29) is 29.1 Å². The molecule has 0 saturated heterocycles. The zero-order valence-electron chi connectivity index (χ0n) is 8.28. The Bertz CT molecular complexity index is 399. The summed E-state index contributed by atoms with van der Waals surface area (Å²) in [5.74, 6) is -1.12. The van der Waals surface area contributed by atoms with Crippen LogP contribution < -0.4 is 0 Å². The first kappa shape index (κ1) is 11.1. The van der Waals surface area contributed by atoms with Gasteiger partial charge in [0.15, 0.2) is 11.6 Å². The van der Waals surface area contributed by atoms with E-state index < -0.39 is 5.97 Å². The van der Waals surface area contributed by atoms with Gasteiger partial charge >= 0.3 is 5.97 Å². The molecule has 78 valence electrons. The maximum absolute atomic E-state index is 11.3. The van der Waals surface area contributed by atoms with Crippen LogP contribution in [0, 0.1) is 0 Å². The average Bonchev–Trinajstić information content (AvgIpc) is 2.22. The van der Waals surface area contributed by atoms with E-state index in [2.05, 4.69) is 11.3 Å². The summed E-state index contributed by atoms with van der Waals surface area (Å²) >= 11 is 0. The van der Waals surface area contributed by atoms with E-state index in [0.717, 1.165) is 0 Å². The number of ketones is 2. The van der Waals surface area contributed by atoms with E-state index in [1.54, 1.807) is 0 Å². The van der Waals surface area contributed by atoms with E-state index in [4.69, 9.17) is 0 Å². The number of hydrogen-bond donors (Lipinski definition) is 0. The Hall–Kier alpha value is -1.97. The third kappa shape index (κ3) is 2.74. The largest absolute Gasteiger partial charge is 0.466 e. The molecule has 0 radical (unpaired) electrons. The molecule has 0 amide bonds. The summed E-state index contributed by atoms with van der Waals surface area (Å²) in [7, 11) is 1.23. The SMILES string of the molecule is C=C(CC1=CC(=O)C=CC1=O)C(=O)OC. The Morgan fingerprint density at radius 3 is 2.67 bits per heavy atom. The molecule has 0 bridgehead atoms. The number of allylic oxidation sites excluding steroid dienone is 4. The molecule has 1 aliphatic carbocycles. The third-order valence-electron chi connectivity index (χ3n) is 1.91. The molecule has 0 heterocycles. The summed E-state index contributed by atoms with van der Waals surface area (Å²) in [5.41, 5.74) is 0.415. The topological polar surface area (TPSA) is 60.4 Å². The van der Waals surface area contributed by atoms with Crippen molar-refractivity contribution in [2.45, 2.75) is 6.42 Å². The Morgan fingerprint density at radius 2 is 2.07 bits per heavy atom. The molecule has 0 spiro atoms. The first-order valence-corrected chi connectivity index (χ1v) is 4.27. The van der Waals surface area contributed by atoms with Gasteiger partial charge in [-0.1, -0.05) is 6.58 Å². The van der Waals surface area contributed by atoms with Gasteiger partial charge in [0, 0.05) is 17.6 Å². The van der Waals surface area contributed by atoms with Crippen molar-refractivity contribution in [1.82, 2.24) is 0 Å². The fourth-order valence-electron chi connectivity index (χ4n) is 1.14. The van der Waals surface area contributed by atoms with Crippen molar-refractivity contribution in [3.63, 3.8) is 0 Å². The number of rotatable bonds is 3. The van der Waals surface area contributed by atoms with Crippen molar-refractivity contribution < 1.29 is 19.1 Å². The molecular weight excluding hydrogens is 196 g/mol. The molecule has 0 fully saturated rings. The van der Waals surface area contributed by atoms with Gasteiger partial charge in [-0.25, -0.2) is 4.79 Å². The van der Waals surface area contributed by atoms with Crippen LogP contribution >= 0.6 is 0 Å². The molecule has 0 aromatic rings. The van der Waals surface area contributed by atoms with Crippen LogP contribution in [0.2, 0.25) is 0 Å². The Balaban J connectivity index is 2.74. The van der Waals surface area contributed by atoms with Gasteiger partial charge in [0.05, 0.1) is 7.11 Å². The molecule has 0 aromatic carbocycles. The predicted octanol–water partition coefficient (Wildman–Crippen LogP) is 0.740. The second-order valence-electron chi connectivity index (χ2n) is 3.04. The van der Waals surface area contributed by atoms with Gasteiger partial charge in [-0.05, 0) is 18.2 Å². The fraction of sp³-hybridized carbons (Fsp3) is 0.182. The lowest BCUT2D eigenvalue weighted by molar-refractivity contribution is -0.136. The number of carbonyl (C=O) groups is 3. The maximum atomic E-state index is 11.3. The second kappa shape index (κ2) is 4.50. The van der Waals surface area contributed by atoms with E-state index >= 15 is 0 Å². The Labute approximate surface area is 86.9 Å². The van der Waals surface area contributed by atoms with E-state index in [9.17, 15) is 14.4 Å². The highest BCUT2D eigenvalue weighted by molar-refractivity contribution is 6.17. The van der Waals surface area contributed by atoms with Gasteiger partial charge in [0.25, 0.3) is 0 Å². The summed E-state index contributed by atoms with van der Waals surface area (Å²) in [5, 5.41) is 0. The third-order valence-corrected chi connectivity index (χ3v) is 1.91. The Morgan fingerprint density at radius 1 is 1.40 bits per heavy atom. The van der Waals surface area contributed by atoms with Gasteiger partial charge in [-0.3, -0.25) is 9.59 Å². The highest BCUT2D eigenvalue weighted by atomic mass is 16.5. The summed E-state index contributed by atoms with van der Waals surface area (Å²) in [6.45, 7) is 3.48. The van der Waals surface area contributed by atoms with Crippen molar-refractivity contribution >= 4 is 17.5 Å². The lowest BCUT2D eigenvalue weighted by atomic mass is 9.97. The van der Waals surface area contributed by atoms with Crippen molar-refractivity contribution in [1.29, 1.82) is 0 Å². The standard InChI is InChI=1S/C11H10O4/c1-7(11(14)15-2)5-8-6-9(12)3-4-10(8)13/h3-4,6H,1,5H2,2H3. The monoisotopic (exact) mass is 206 g/mol. The van der Waals surface area contributed by atoms with Crippen molar-refractivity contribution in [3.05, 3.63) is 36.0 Å². The van der Waals surface area contributed by atoms with Crippen LogP contribution in [0.1, 0.15) is 6.42 Å². The van der Waals surface area contributed by atoms with E-state index in [0.29, 0.717) is 0 Å². The molecule has 0 saturated carbocycles. The average molecular weight is 206 g/mol. The minimum Gasteiger partial charge on any atom is -0.466 e. The quantitative estimate of drug-likeness (QED) is 0.388. The molecule has 1 rings (SSSR count). The van der Waals surface area contributed by atoms with Crippen LogP contribution in [-0.2, 0) is 19.1 Å². The minimum atomic E-state index is -0.578. The molecule has 0 aliphatic heterocycles. The molecule has 1 aliphatic rings. The highest BCUT2D eigenvalue weighted by Gasteiger charge is 2.17. The lowest BCUT2D eigenvalue weighted by Gasteiger charge is -2.07. The van der Waals surface area contributed by atoms with Gasteiger partial charge in [0.2, 0.25) is 0 Å². The normalized spacial score (nSPS) is 14.9. The van der Waals surface area contributed by atoms with Crippen molar-refractivity contribution in [2.24, 2.45) is 0 Å². The molecular formula is C11H10O4. The summed E-state index contributed by atoms with van der Waals surface area (Å²) in [6.07, 6.45) is 3.62. The highest BCUT2D eigenvalue weighted by Crippen LogP contribution is 2.15. The molecule has 0 unspecified atom stereocenters. The zero-order valence-corrected chi connectivity index (χ0v) is 8.28. The number of methoxy groups -OCH3 is 1. The zero-order chi connectivity index (χ0) is 11.4. The molecule has 0 atom stereocenters. The van der Waals surface area contributed by atoms with Crippen molar-refractivity contribution in [2.75, 3.05) is 7.11 Å². The van der Waals surface area contributed by atoms with Gasteiger partial charge in [0.1, 0.15) is 0 Å². The number of esters is 1. The van der Waals surface area contributed by atoms with Crippen LogP contribution in [0.4, 0.5) is 0 Å². The maximum Gasteiger partial charge on any atom is 0.333 e. The van der Waals surface area contributed by atoms with E-state index in [1.807, 2.05) is 0 Å². The number of ether oxygens (including phenoxy) is 1. The van der Waals surface area contributed by atoms with Crippen LogP contribution in [0.25, 0.3) is 0 Å². The summed E-state index contributed by atoms with van der Waals surface area (Å²) < 4.78 is 4.44. The van der Waals surface area contributed by atoms with Crippen LogP contribution in [0.5, 0.6) is 0 Å². The van der Waals surface area contributed by atoms with Crippen LogP contribution in [-0.4, -0.2) is 24.6 Å². The van der Waals surface area contributed by atoms with Crippen LogP contribution in [0.3, 0.4) is 0 Å². The summed E-state index contributed by atoms with van der Waals surface area (Å²) in [4.78, 5) is 33.3. The Kier molecular flexibility index (Phi) is 3.33. The number of carbonyl (C=O) groups excluding carboxylic acids is 3. The fourth-order valence-corrected chi connectivity index (χ4v) is 1.14. The smallest absolute Gasteiger partial charge is 0.333 e. The van der Waals surface area contributed by atoms with E-state index in [1.165, 1.54) is 25.3 Å². The van der Waals surface area contributed by atoms with Crippen LogP contribution in [0.15, 0.2) is 36.0 Å².